The van der Waals surface area contributed by atoms with E-state index in [-0.39, 0.29) is 17.3 Å². The number of carbonyl (C=O) groups is 1. The van der Waals surface area contributed by atoms with Crippen molar-refractivity contribution in [2.75, 3.05) is 19.8 Å². The molecule has 1 atom stereocenters. The molecule has 0 radical (unpaired) electrons. The maximum Gasteiger partial charge on any atom is 0.340 e. The summed E-state index contributed by atoms with van der Waals surface area (Å²) in [5.74, 6) is -0.0820. The lowest BCUT2D eigenvalue weighted by Crippen LogP contribution is -2.38. The number of aromatic nitrogens is 1. The number of nitrogens with zero attached hydrogens (tertiary/aromatic N) is 1. The van der Waals surface area contributed by atoms with Crippen molar-refractivity contribution >= 4 is 5.97 Å². The Kier molecular flexibility index (Phi) is 4.78. The van der Waals surface area contributed by atoms with Gasteiger partial charge in [-0.3, -0.25) is 4.98 Å². The second kappa shape index (κ2) is 6.93. The smallest absolute Gasteiger partial charge is 0.340 e. The van der Waals surface area contributed by atoms with Crippen LogP contribution < -0.4 is 0 Å². The van der Waals surface area contributed by atoms with Gasteiger partial charge in [0.2, 0.25) is 0 Å². The summed E-state index contributed by atoms with van der Waals surface area (Å²) in [4.78, 5) is 17.8. The zero-order valence-electron chi connectivity index (χ0n) is 15.8. The molecule has 4 rings (SSSR count). The molecule has 1 unspecified atom stereocenters. The van der Waals surface area contributed by atoms with Gasteiger partial charge in [-0.25, -0.2) is 4.79 Å². The average molecular weight is 359 g/mol. The van der Waals surface area contributed by atoms with Gasteiger partial charge in [0.25, 0.3) is 0 Å². The van der Waals surface area contributed by atoms with E-state index in [9.17, 15) is 9.90 Å². The highest BCUT2D eigenvalue weighted by molar-refractivity contribution is 5.93. The maximum absolute atomic E-state index is 12.7. The van der Waals surface area contributed by atoms with E-state index in [2.05, 4.69) is 0 Å². The van der Waals surface area contributed by atoms with Gasteiger partial charge in [-0.15, -0.1) is 0 Å². The van der Waals surface area contributed by atoms with Crippen molar-refractivity contribution in [3.63, 3.8) is 0 Å². The van der Waals surface area contributed by atoms with Gasteiger partial charge in [0.05, 0.1) is 24.0 Å². The number of hydrogen-bond acceptors (Lipinski definition) is 5. The molecule has 2 heterocycles. The van der Waals surface area contributed by atoms with Crippen molar-refractivity contribution < 1.29 is 19.4 Å². The van der Waals surface area contributed by atoms with Crippen LogP contribution in [0, 0.1) is 12.3 Å². The largest absolute Gasteiger partial charge is 0.462 e. The van der Waals surface area contributed by atoms with Crippen molar-refractivity contribution in [3.05, 3.63) is 28.1 Å². The fourth-order valence-electron chi connectivity index (χ4n) is 5.11. The number of pyridine rings is 1. The first-order valence-corrected chi connectivity index (χ1v) is 10.0. The molecular weight excluding hydrogens is 330 g/mol. The van der Waals surface area contributed by atoms with E-state index < -0.39 is 6.10 Å². The van der Waals surface area contributed by atoms with Crippen LogP contribution in [0.3, 0.4) is 0 Å². The van der Waals surface area contributed by atoms with Crippen LogP contribution >= 0.6 is 0 Å². The monoisotopic (exact) mass is 359 g/mol. The standard InChI is InChI=1S/C21H29NO4/c1-3-26-20(24)18-13(2)17-15(11-21(7-4-8-21)12-16(17)23)22-19(18)14-5-9-25-10-6-14/h14,16,23H,3-12H2,1-2H3. The molecule has 1 saturated carbocycles. The Labute approximate surface area is 155 Å². The zero-order chi connectivity index (χ0) is 18.3. The third-order valence-corrected chi connectivity index (χ3v) is 6.61. The molecule has 0 bridgehead atoms. The van der Waals surface area contributed by atoms with Crippen molar-refractivity contribution in [2.24, 2.45) is 5.41 Å². The number of carbonyl (C=O) groups excluding carboxylic acids is 1. The van der Waals surface area contributed by atoms with Gasteiger partial charge < -0.3 is 14.6 Å². The predicted molar refractivity (Wildman–Crippen MR) is 97.3 cm³/mol. The Balaban J connectivity index is 1.82. The normalized spacial score (nSPS) is 24.8. The molecule has 1 aliphatic heterocycles. The Morgan fingerprint density at radius 2 is 2.08 bits per heavy atom. The van der Waals surface area contributed by atoms with Gasteiger partial charge in [0.15, 0.2) is 0 Å². The lowest BCUT2D eigenvalue weighted by Gasteiger charge is -2.47. The molecule has 5 nitrogen and oxygen atoms in total. The summed E-state index contributed by atoms with van der Waals surface area (Å²) in [5, 5.41) is 10.9. The highest BCUT2D eigenvalue weighted by Crippen LogP contribution is 2.54. The molecule has 1 aromatic heterocycles. The lowest BCUT2D eigenvalue weighted by molar-refractivity contribution is 0.0236. The van der Waals surface area contributed by atoms with Gasteiger partial charge >= 0.3 is 5.97 Å². The number of aliphatic hydroxyl groups is 1. The van der Waals surface area contributed by atoms with Crippen molar-refractivity contribution in [1.82, 2.24) is 4.98 Å². The van der Waals surface area contributed by atoms with Crippen LogP contribution in [0.5, 0.6) is 0 Å². The lowest BCUT2D eigenvalue weighted by atomic mass is 9.59. The molecule has 2 aliphatic carbocycles. The van der Waals surface area contributed by atoms with Gasteiger partial charge in [0.1, 0.15) is 0 Å². The Morgan fingerprint density at radius 1 is 1.35 bits per heavy atom. The van der Waals surface area contributed by atoms with Crippen LogP contribution in [-0.4, -0.2) is 35.9 Å². The van der Waals surface area contributed by atoms with Crippen molar-refractivity contribution in [2.45, 2.75) is 70.8 Å². The summed E-state index contributed by atoms with van der Waals surface area (Å²) < 4.78 is 10.9. The van der Waals surface area contributed by atoms with Gasteiger partial charge in [-0.05, 0) is 63.4 Å². The molecular formula is C21H29NO4. The average Bonchev–Trinajstić information content (AvgIpc) is 2.60. The first kappa shape index (κ1) is 17.9. The molecule has 1 N–H and O–H groups in total. The van der Waals surface area contributed by atoms with Crippen LogP contribution in [0.1, 0.15) is 90.3 Å². The maximum atomic E-state index is 12.7. The predicted octanol–water partition coefficient (Wildman–Crippen LogP) is 3.61. The minimum atomic E-state index is -0.525. The molecule has 0 amide bonds. The number of esters is 1. The Morgan fingerprint density at radius 3 is 2.69 bits per heavy atom. The molecule has 142 valence electrons. The first-order chi connectivity index (χ1) is 12.5. The third kappa shape index (κ3) is 2.95. The summed E-state index contributed by atoms with van der Waals surface area (Å²) in [6.07, 6.45) is 6.56. The molecule has 1 saturated heterocycles. The van der Waals surface area contributed by atoms with Gasteiger partial charge in [-0.2, -0.15) is 0 Å². The fourth-order valence-corrected chi connectivity index (χ4v) is 5.11. The number of fused-ring (bicyclic) bond motifs is 1. The van der Waals surface area contributed by atoms with E-state index in [4.69, 9.17) is 14.5 Å². The number of rotatable bonds is 3. The van der Waals surface area contributed by atoms with Crippen LogP contribution in [0.2, 0.25) is 0 Å². The van der Waals surface area contributed by atoms with Crippen LogP contribution in [0.15, 0.2) is 0 Å². The van der Waals surface area contributed by atoms with Crippen molar-refractivity contribution in [3.8, 4) is 0 Å². The number of hydrogen-bond donors (Lipinski definition) is 1. The molecule has 5 heteroatoms. The second-order valence-corrected chi connectivity index (χ2v) is 8.21. The molecule has 3 aliphatic rings. The fraction of sp³-hybridized carbons (Fsp3) is 0.714. The van der Waals surface area contributed by atoms with E-state index >= 15 is 0 Å². The van der Waals surface area contributed by atoms with Crippen molar-refractivity contribution in [1.29, 1.82) is 0 Å². The second-order valence-electron chi connectivity index (χ2n) is 8.21. The molecule has 1 aromatic rings. The van der Waals surface area contributed by atoms with Crippen LogP contribution in [0.25, 0.3) is 0 Å². The van der Waals surface area contributed by atoms with Crippen LogP contribution in [-0.2, 0) is 15.9 Å². The van der Waals surface area contributed by atoms with E-state index in [1.807, 2.05) is 13.8 Å². The quantitative estimate of drug-likeness (QED) is 0.835. The van der Waals surface area contributed by atoms with Gasteiger partial charge in [0, 0.05) is 30.4 Å². The molecule has 2 fully saturated rings. The molecule has 0 aromatic carbocycles. The van der Waals surface area contributed by atoms with E-state index in [0.29, 0.717) is 25.4 Å². The first-order valence-electron chi connectivity index (χ1n) is 10.0. The zero-order valence-corrected chi connectivity index (χ0v) is 15.8. The highest BCUT2D eigenvalue weighted by Gasteiger charge is 2.45. The molecule has 1 spiro atoms. The minimum absolute atomic E-state index is 0.226. The summed E-state index contributed by atoms with van der Waals surface area (Å²) in [5.41, 5.74) is 4.44. The van der Waals surface area contributed by atoms with Crippen LogP contribution in [0.4, 0.5) is 0 Å². The summed E-state index contributed by atoms with van der Waals surface area (Å²) >= 11 is 0. The van der Waals surface area contributed by atoms with E-state index in [1.54, 1.807) is 0 Å². The Hall–Kier alpha value is -1.46. The number of ether oxygens (including phenoxy) is 2. The minimum Gasteiger partial charge on any atom is -0.462 e. The third-order valence-electron chi connectivity index (χ3n) is 6.61. The Bertz CT molecular complexity index is 704. The highest BCUT2D eigenvalue weighted by atomic mass is 16.5. The van der Waals surface area contributed by atoms with Gasteiger partial charge in [-0.1, -0.05) is 6.42 Å². The summed E-state index contributed by atoms with van der Waals surface area (Å²) in [6, 6.07) is 0. The van der Waals surface area contributed by atoms with E-state index in [0.717, 1.165) is 48.2 Å². The summed E-state index contributed by atoms with van der Waals surface area (Å²) in [7, 11) is 0. The topological polar surface area (TPSA) is 68.7 Å². The molecule has 26 heavy (non-hydrogen) atoms. The summed E-state index contributed by atoms with van der Waals surface area (Å²) in [6.45, 7) is 5.53. The SMILES string of the molecule is CCOC(=O)c1c(C2CCOCC2)nc2c(c1C)C(O)CC1(CCC1)C2. The number of aliphatic hydroxyl groups excluding tert-OH is 1. The van der Waals surface area contributed by atoms with E-state index in [1.165, 1.54) is 19.3 Å².